The monoisotopic (exact) mass is 821 g/mol. The number of urea groups is 2. The van der Waals surface area contributed by atoms with Gasteiger partial charge >= 0.3 is 32.7 Å². The Morgan fingerprint density at radius 1 is 0.964 bits per heavy atom. The van der Waals surface area contributed by atoms with E-state index >= 15 is 0 Å². The molecule has 3 aliphatic heterocycles. The fourth-order valence-corrected chi connectivity index (χ4v) is 7.54. The number of hydrogen-bond donors (Lipinski definition) is 8. The van der Waals surface area contributed by atoms with Crippen LogP contribution in [0.3, 0.4) is 0 Å². The molecule has 0 unspecified atom stereocenters. The first-order chi connectivity index (χ1) is 26.4. The van der Waals surface area contributed by atoms with E-state index in [9.17, 15) is 67.4 Å². The maximum atomic E-state index is 14.2. The van der Waals surface area contributed by atoms with E-state index in [0.717, 1.165) is 35.2 Å². The second-order valence-electron chi connectivity index (χ2n) is 13.1. The van der Waals surface area contributed by atoms with E-state index in [1.807, 2.05) is 0 Å². The highest BCUT2D eigenvalue weighted by Crippen LogP contribution is 2.39. The number of nitrogens with one attached hydrogen (secondary N) is 2. The number of benzene rings is 3. The minimum absolute atomic E-state index is 0.0115. The molecule has 0 aliphatic carbocycles. The fraction of sp³-hybridized carbons (Fsp3) is 0.303. The largest absolute Gasteiger partial charge is 0.547 e. The van der Waals surface area contributed by atoms with Crippen molar-refractivity contribution in [2.45, 2.75) is 37.3 Å². The van der Waals surface area contributed by atoms with Gasteiger partial charge in [0.1, 0.15) is 23.2 Å². The number of phenolic OH excluding ortho intramolecular Hbond substituents is 2. The number of piperidine rings is 1. The molecule has 0 radical (unpaired) electrons. The van der Waals surface area contributed by atoms with Crippen molar-refractivity contribution < 1.29 is 72.1 Å². The molecule has 2 atom stereocenters. The summed E-state index contributed by atoms with van der Waals surface area (Å²) >= 11 is 5.97. The van der Waals surface area contributed by atoms with Crippen LogP contribution in [0, 0.1) is 11.6 Å². The van der Waals surface area contributed by atoms with Gasteiger partial charge in [-0.05, 0) is 54.7 Å². The van der Waals surface area contributed by atoms with Crippen LogP contribution in [-0.4, -0.2) is 120 Å². The predicted molar refractivity (Wildman–Crippen MR) is 189 cm³/mol. The van der Waals surface area contributed by atoms with Gasteiger partial charge in [0.15, 0.2) is 17.3 Å². The summed E-state index contributed by atoms with van der Waals surface area (Å²) in [5.41, 5.74) is -1.04. The highest BCUT2D eigenvalue weighted by molar-refractivity contribution is 7.60. The third kappa shape index (κ3) is 7.81. The fourth-order valence-electron chi connectivity index (χ4n) is 6.78. The van der Waals surface area contributed by atoms with E-state index in [2.05, 4.69) is 10.6 Å². The van der Waals surface area contributed by atoms with E-state index in [4.69, 9.17) is 16.3 Å². The molecule has 2 saturated heterocycles. The Bertz CT molecular complexity index is 2170. The number of carbonyl (C=O) groups excluding carboxylic acids is 4. The van der Waals surface area contributed by atoms with Gasteiger partial charge in [0, 0.05) is 32.2 Å². The van der Waals surface area contributed by atoms with Gasteiger partial charge in [-0.3, -0.25) is 14.2 Å². The van der Waals surface area contributed by atoms with E-state index < -0.39 is 107 Å². The first kappa shape index (κ1) is 40.2. The number of aromatic hydroxyl groups is 2. The van der Waals surface area contributed by atoms with Crippen LogP contribution in [0.25, 0.3) is 0 Å². The molecule has 6 rings (SSSR count). The van der Waals surface area contributed by atoms with Gasteiger partial charge in [0.05, 0.1) is 21.8 Å². The van der Waals surface area contributed by atoms with Crippen molar-refractivity contribution >= 4 is 61.5 Å². The number of imide groups is 1. The number of amides is 6. The lowest BCUT2D eigenvalue weighted by molar-refractivity contribution is -0.123. The SMILES string of the molecule is O=C(O)c1c(F)ccc2c1OB(O)[C@@H](NC(=O)[C@H](NC(=O)N1CCN(C3CCN(C(=O)c4cc(F)c(O)c(O)c4Cl)CC3)C1=O)c1ccc(P(=O)(O)O)cc1)C2. The van der Waals surface area contributed by atoms with E-state index in [1.54, 1.807) is 0 Å². The average Bonchev–Trinajstić information content (AvgIpc) is 3.55. The van der Waals surface area contributed by atoms with Crippen molar-refractivity contribution in [2.24, 2.45) is 0 Å². The molecule has 296 valence electrons. The first-order valence-electron chi connectivity index (χ1n) is 16.8. The van der Waals surface area contributed by atoms with Gasteiger partial charge in [-0.25, -0.2) is 28.1 Å². The zero-order valence-corrected chi connectivity index (χ0v) is 30.4. The molecule has 23 heteroatoms. The maximum Gasteiger partial charge on any atom is 0.547 e. The number of halogens is 3. The van der Waals surface area contributed by atoms with Crippen LogP contribution in [0.1, 0.15) is 50.7 Å². The lowest BCUT2D eigenvalue weighted by Crippen LogP contribution is -2.56. The molecule has 2 fully saturated rings. The van der Waals surface area contributed by atoms with Crippen LogP contribution in [0.15, 0.2) is 42.5 Å². The minimum atomic E-state index is -4.71. The number of hydrogen-bond acceptors (Lipinski definition) is 10. The topological polar surface area (TPSA) is 267 Å². The van der Waals surface area contributed by atoms with Crippen LogP contribution in [0.5, 0.6) is 17.2 Å². The smallest absolute Gasteiger partial charge is 0.534 e. The van der Waals surface area contributed by atoms with Crippen LogP contribution < -0.4 is 20.6 Å². The second kappa shape index (κ2) is 15.6. The summed E-state index contributed by atoms with van der Waals surface area (Å²) in [6.07, 6.45) is 0.249. The molecule has 0 saturated carbocycles. The molecular formula is C33H32BClF2N5O13P. The number of carbonyl (C=O) groups is 5. The number of phenols is 2. The van der Waals surface area contributed by atoms with Gasteiger partial charge in [0.25, 0.3) is 5.91 Å². The second-order valence-corrected chi connectivity index (χ2v) is 15.1. The third-order valence-electron chi connectivity index (χ3n) is 9.72. The van der Waals surface area contributed by atoms with Crippen LogP contribution in [0.4, 0.5) is 18.4 Å². The Morgan fingerprint density at radius 2 is 1.62 bits per heavy atom. The zero-order chi connectivity index (χ0) is 40.8. The summed E-state index contributed by atoms with van der Waals surface area (Å²) in [4.78, 5) is 88.4. The molecule has 0 aromatic heterocycles. The molecule has 0 spiro atoms. The number of carboxylic acid groups (broad SMARTS) is 1. The lowest BCUT2D eigenvalue weighted by Gasteiger charge is -2.36. The van der Waals surface area contributed by atoms with Crippen molar-refractivity contribution in [1.82, 2.24) is 25.3 Å². The lowest BCUT2D eigenvalue weighted by atomic mass is 9.72. The van der Waals surface area contributed by atoms with Crippen LogP contribution in [0.2, 0.25) is 5.02 Å². The molecule has 8 N–H and O–H groups in total. The molecule has 3 aliphatic rings. The normalized spacial score (nSPS) is 18.0. The van der Waals surface area contributed by atoms with Gasteiger partial charge in [-0.15, -0.1) is 0 Å². The van der Waals surface area contributed by atoms with Gasteiger partial charge < -0.3 is 55.2 Å². The molecule has 3 aromatic rings. The van der Waals surface area contributed by atoms with E-state index in [0.29, 0.717) is 6.07 Å². The highest BCUT2D eigenvalue weighted by atomic mass is 35.5. The molecule has 6 amide bonds. The van der Waals surface area contributed by atoms with Crippen molar-refractivity contribution in [3.05, 3.63) is 81.4 Å². The quantitative estimate of drug-likeness (QED) is 0.0910. The summed E-state index contributed by atoms with van der Waals surface area (Å²) in [6, 6.07) is 3.37. The summed E-state index contributed by atoms with van der Waals surface area (Å²) in [6.45, 7) is 0.121. The number of likely N-dealkylation sites (tertiary alicyclic amines) is 1. The molecule has 0 bridgehead atoms. The number of rotatable bonds is 8. The molecule has 3 heterocycles. The van der Waals surface area contributed by atoms with Gasteiger partial charge in [-0.2, -0.15) is 0 Å². The minimum Gasteiger partial charge on any atom is -0.534 e. The zero-order valence-electron chi connectivity index (χ0n) is 28.8. The average molecular weight is 822 g/mol. The van der Waals surface area contributed by atoms with E-state index in [1.165, 1.54) is 15.9 Å². The molecule has 56 heavy (non-hydrogen) atoms. The Labute approximate surface area is 320 Å². The van der Waals surface area contributed by atoms with Gasteiger partial charge in [0.2, 0.25) is 5.91 Å². The Hall–Kier alpha value is -5.47. The summed E-state index contributed by atoms with van der Waals surface area (Å²) in [5.74, 6) is -9.47. The van der Waals surface area contributed by atoms with Crippen molar-refractivity contribution in [3.63, 3.8) is 0 Å². The Balaban J connectivity index is 1.15. The third-order valence-corrected chi connectivity index (χ3v) is 11.1. The highest BCUT2D eigenvalue weighted by Gasteiger charge is 2.43. The first-order valence-corrected chi connectivity index (χ1v) is 18.8. The molecular weight excluding hydrogens is 790 g/mol. The standard InChI is InChI=1S/C33H32BClF2N5O13P/c35-24-19(14-21(37)26(43)27(24)44)30(46)40-9-7-17(8-10-40)41-11-12-42(33(41)50)32(49)39-25(15-1-4-18(5-2-15)56(52,53)54)29(45)38-22-13-16-3-6-20(36)23(31(47)48)28(16)55-34(22)51/h1-6,14,17,22,25,43-44,51H,7-13H2,(H,38,45)(H,39,49)(H,47,48)(H2,52,53,54)/t22-,25+/m0/s1. The number of aromatic carboxylic acids is 1. The van der Waals surface area contributed by atoms with Crippen LogP contribution >= 0.6 is 19.2 Å². The Morgan fingerprint density at radius 3 is 2.25 bits per heavy atom. The van der Waals surface area contributed by atoms with Crippen molar-refractivity contribution in [3.8, 4) is 17.2 Å². The molecule has 3 aromatic carbocycles. The summed E-state index contributed by atoms with van der Waals surface area (Å²) in [5, 5.41) is 43.6. The summed E-state index contributed by atoms with van der Waals surface area (Å²) < 4.78 is 45.4. The van der Waals surface area contributed by atoms with Gasteiger partial charge in [-0.1, -0.05) is 29.8 Å². The summed E-state index contributed by atoms with van der Waals surface area (Å²) in [7, 11) is -6.58. The number of fused-ring (bicyclic) bond motifs is 1. The number of carboxylic acids is 1. The Kier molecular flexibility index (Phi) is 11.2. The van der Waals surface area contributed by atoms with Crippen molar-refractivity contribution in [1.29, 1.82) is 0 Å². The number of nitrogens with zero attached hydrogens (tertiary/aromatic N) is 3. The van der Waals surface area contributed by atoms with Crippen molar-refractivity contribution in [2.75, 3.05) is 26.2 Å². The maximum absolute atomic E-state index is 14.2. The van der Waals surface area contributed by atoms with Crippen LogP contribution in [-0.2, 0) is 15.8 Å². The van der Waals surface area contributed by atoms with E-state index in [-0.39, 0.29) is 62.1 Å². The molecule has 18 nitrogen and oxygen atoms in total. The predicted octanol–water partition coefficient (Wildman–Crippen LogP) is 1.46.